The Labute approximate surface area is 133 Å². The SMILES string of the molecule is COc1cccc(OCCC(C)(C)c2nc(C(=O)O)cs2)c1. The Bertz CT molecular complexity index is 651. The molecule has 0 bridgehead atoms. The van der Waals surface area contributed by atoms with Gasteiger partial charge in [0.05, 0.1) is 18.7 Å². The van der Waals surface area contributed by atoms with Gasteiger partial charge in [0.25, 0.3) is 0 Å². The highest BCUT2D eigenvalue weighted by atomic mass is 32.1. The minimum Gasteiger partial charge on any atom is -0.497 e. The van der Waals surface area contributed by atoms with Crippen molar-refractivity contribution in [1.29, 1.82) is 0 Å². The van der Waals surface area contributed by atoms with Crippen molar-refractivity contribution in [2.45, 2.75) is 25.7 Å². The first-order valence-electron chi connectivity index (χ1n) is 6.88. The molecule has 0 atom stereocenters. The standard InChI is InChI=1S/C16H19NO4S/c1-16(2,15-17-13(10-22-15)14(18)19)7-8-21-12-6-4-5-11(9-12)20-3/h4-6,9-10H,7-8H2,1-3H3,(H,18,19). The number of nitrogens with zero attached hydrogens (tertiary/aromatic N) is 1. The van der Waals surface area contributed by atoms with E-state index in [1.807, 2.05) is 38.1 Å². The maximum absolute atomic E-state index is 10.9. The lowest BCUT2D eigenvalue weighted by atomic mass is 9.90. The van der Waals surface area contributed by atoms with Gasteiger partial charge in [-0.3, -0.25) is 0 Å². The Balaban J connectivity index is 1.95. The van der Waals surface area contributed by atoms with Crippen LogP contribution in [0, 0.1) is 0 Å². The molecule has 1 heterocycles. The van der Waals surface area contributed by atoms with Crippen LogP contribution < -0.4 is 9.47 Å². The van der Waals surface area contributed by atoms with Gasteiger partial charge in [-0.2, -0.15) is 0 Å². The fraction of sp³-hybridized carbons (Fsp3) is 0.375. The highest BCUT2D eigenvalue weighted by molar-refractivity contribution is 7.10. The third-order valence-corrected chi connectivity index (χ3v) is 4.55. The third-order valence-electron chi connectivity index (χ3n) is 3.34. The van der Waals surface area contributed by atoms with Crippen LogP contribution >= 0.6 is 11.3 Å². The molecule has 0 fully saturated rings. The maximum Gasteiger partial charge on any atom is 0.355 e. The number of carbonyl (C=O) groups is 1. The molecular weight excluding hydrogens is 302 g/mol. The fourth-order valence-corrected chi connectivity index (χ4v) is 2.85. The Morgan fingerprint density at radius 1 is 1.36 bits per heavy atom. The number of hydrogen-bond acceptors (Lipinski definition) is 5. The number of carboxylic acids is 1. The number of carboxylic acid groups (broad SMARTS) is 1. The normalized spacial score (nSPS) is 11.2. The van der Waals surface area contributed by atoms with Crippen molar-refractivity contribution in [2.75, 3.05) is 13.7 Å². The summed E-state index contributed by atoms with van der Waals surface area (Å²) in [6.45, 7) is 4.58. The summed E-state index contributed by atoms with van der Waals surface area (Å²) in [7, 11) is 1.62. The summed E-state index contributed by atoms with van der Waals surface area (Å²) in [5.41, 5.74) is -0.140. The molecule has 1 aromatic carbocycles. The molecule has 0 radical (unpaired) electrons. The Morgan fingerprint density at radius 3 is 2.73 bits per heavy atom. The van der Waals surface area contributed by atoms with Crippen LogP contribution in [-0.4, -0.2) is 29.8 Å². The van der Waals surface area contributed by atoms with E-state index in [4.69, 9.17) is 14.6 Å². The second kappa shape index (κ2) is 6.79. The molecule has 118 valence electrons. The molecule has 2 aromatic rings. The van der Waals surface area contributed by atoms with E-state index in [2.05, 4.69) is 4.98 Å². The first-order chi connectivity index (χ1) is 10.4. The van der Waals surface area contributed by atoms with E-state index in [-0.39, 0.29) is 11.1 Å². The molecule has 0 aliphatic carbocycles. The number of thiazole rings is 1. The molecule has 1 aromatic heterocycles. The van der Waals surface area contributed by atoms with Crippen molar-refractivity contribution >= 4 is 17.3 Å². The monoisotopic (exact) mass is 321 g/mol. The smallest absolute Gasteiger partial charge is 0.355 e. The van der Waals surface area contributed by atoms with Crippen LogP contribution in [0.2, 0.25) is 0 Å². The zero-order chi connectivity index (χ0) is 16.2. The van der Waals surface area contributed by atoms with E-state index in [0.29, 0.717) is 6.61 Å². The number of rotatable bonds is 7. The molecule has 0 saturated heterocycles. The quantitative estimate of drug-likeness (QED) is 0.844. The molecule has 0 saturated carbocycles. The van der Waals surface area contributed by atoms with Gasteiger partial charge in [-0.15, -0.1) is 11.3 Å². The van der Waals surface area contributed by atoms with Crippen molar-refractivity contribution < 1.29 is 19.4 Å². The van der Waals surface area contributed by atoms with Gasteiger partial charge in [0, 0.05) is 16.9 Å². The number of aromatic carboxylic acids is 1. The first kappa shape index (κ1) is 16.3. The molecule has 0 amide bonds. The van der Waals surface area contributed by atoms with Gasteiger partial charge in [0.1, 0.15) is 11.5 Å². The minimum absolute atomic E-state index is 0.0989. The average Bonchev–Trinajstić information content (AvgIpc) is 2.98. The summed E-state index contributed by atoms with van der Waals surface area (Å²) in [4.78, 5) is 15.1. The third kappa shape index (κ3) is 3.98. The van der Waals surface area contributed by atoms with Gasteiger partial charge in [-0.25, -0.2) is 9.78 Å². The minimum atomic E-state index is -0.995. The molecule has 22 heavy (non-hydrogen) atoms. The van der Waals surface area contributed by atoms with Crippen LogP contribution in [0.15, 0.2) is 29.6 Å². The molecule has 5 nitrogen and oxygen atoms in total. The number of hydrogen-bond donors (Lipinski definition) is 1. The first-order valence-corrected chi connectivity index (χ1v) is 7.76. The molecule has 1 N–H and O–H groups in total. The summed E-state index contributed by atoms with van der Waals surface area (Å²) < 4.78 is 10.9. The van der Waals surface area contributed by atoms with Gasteiger partial charge in [0.2, 0.25) is 0 Å². The molecule has 6 heteroatoms. The van der Waals surface area contributed by atoms with Crippen LogP contribution in [0.4, 0.5) is 0 Å². The Hall–Kier alpha value is -2.08. The van der Waals surface area contributed by atoms with Gasteiger partial charge in [-0.1, -0.05) is 19.9 Å². The lowest BCUT2D eigenvalue weighted by Crippen LogP contribution is -2.20. The summed E-state index contributed by atoms with van der Waals surface area (Å²) in [6, 6.07) is 7.44. The van der Waals surface area contributed by atoms with E-state index >= 15 is 0 Å². The fourth-order valence-electron chi connectivity index (χ4n) is 1.90. The number of benzene rings is 1. The van der Waals surface area contributed by atoms with Crippen LogP contribution in [0.1, 0.15) is 35.8 Å². The zero-order valence-corrected chi connectivity index (χ0v) is 13.6. The van der Waals surface area contributed by atoms with Crippen LogP contribution in [-0.2, 0) is 5.41 Å². The highest BCUT2D eigenvalue weighted by Crippen LogP contribution is 2.30. The largest absolute Gasteiger partial charge is 0.497 e. The van der Waals surface area contributed by atoms with Gasteiger partial charge < -0.3 is 14.6 Å². The zero-order valence-electron chi connectivity index (χ0n) is 12.8. The second-order valence-corrected chi connectivity index (χ2v) is 6.36. The van der Waals surface area contributed by atoms with Crippen molar-refractivity contribution in [2.24, 2.45) is 0 Å². The van der Waals surface area contributed by atoms with Crippen molar-refractivity contribution in [3.05, 3.63) is 40.3 Å². The topological polar surface area (TPSA) is 68.7 Å². The van der Waals surface area contributed by atoms with E-state index < -0.39 is 5.97 Å². The number of ether oxygens (including phenoxy) is 2. The van der Waals surface area contributed by atoms with Crippen molar-refractivity contribution in [1.82, 2.24) is 4.98 Å². The summed E-state index contributed by atoms with van der Waals surface area (Å²) in [5.74, 6) is 0.509. The molecule has 0 aliphatic heterocycles. The lowest BCUT2D eigenvalue weighted by Gasteiger charge is -2.21. The summed E-state index contributed by atoms with van der Waals surface area (Å²) in [6.07, 6.45) is 0.733. The number of aromatic nitrogens is 1. The second-order valence-electron chi connectivity index (χ2n) is 5.50. The van der Waals surface area contributed by atoms with Crippen molar-refractivity contribution in [3.63, 3.8) is 0 Å². The maximum atomic E-state index is 10.9. The summed E-state index contributed by atoms with van der Waals surface area (Å²) in [5, 5.41) is 11.3. The van der Waals surface area contributed by atoms with E-state index in [1.165, 1.54) is 11.3 Å². The van der Waals surface area contributed by atoms with Gasteiger partial charge in [-0.05, 0) is 18.6 Å². The lowest BCUT2D eigenvalue weighted by molar-refractivity contribution is 0.0691. The average molecular weight is 321 g/mol. The predicted octanol–water partition coefficient (Wildman–Crippen LogP) is 3.60. The molecule has 2 rings (SSSR count). The van der Waals surface area contributed by atoms with E-state index in [0.717, 1.165) is 22.9 Å². The molecule has 0 unspecified atom stereocenters. The van der Waals surface area contributed by atoms with Crippen LogP contribution in [0.3, 0.4) is 0 Å². The Kier molecular flexibility index (Phi) is 5.03. The van der Waals surface area contributed by atoms with Gasteiger partial charge >= 0.3 is 5.97 Å². The van der Waals surface area contributed by atoms with Crippen molar-refractivity contribution in [3.8, 4) is 11.5 Å². The number of methoxy groups -OCH3 is 1. The molecule has 0 aliphatic rings. The van der Waals surface area contributed by atoms with E-state index in [9.17, 15) is 4.79 Å². The van der Waals surface area contributed by atoms with Gasteiger partial charge in [0.15, 0.2) is 5.69 Å². The van der Waals surface area contributed by atoms with E-state index in [1.54, 1.807) is 12.5 Å². The molecular formula is C16H19NO4S. The summed E-state index contributed by atoms with van der Waals surface area (Å²) >= 11 is 1.37. The Morgan fingerprint density at radius 2 is 2.09 bits per heavy atom. The van der Waals surface area contributed by atoms with Crippen LogP contribution in [0.25, 0.3) is 0 Å². The predicted molar refractivity (Wildman–Crippen MR) is 85.2 cm³/mol. The molecule has 0 spiro atoms. The highest BCUT2D eigenvalue weighted by Gasteiger charge is 2.25. The van der Waals surface area contributed by atoms with Crippen LogP contribution in [0.5, 0.6) is 11.5 Å².